The summed E-state index contributed by atoms with van der Waals surface area (Å²) in [5.74, 6) is -0.264. The van der Waals surface area contributed by atoms with Gasteiger partial charge in [0.1, 0.15) is 6.10 Å². The second kappa shape index (κ2) is 10.1. The van der Waals surface area contributed by atoms with Gasteiger partial charge in [0.25, 0.3) is 5.91 Å². The highest BCUT2D eigenvalue weighted by atomic mass is 32.2. The number of hydrogen-bond acceptors (Lipinski definition) is 6. The highest BCUT2D eigenvalue weighted by molar-refractivity contribution is 7.89. The van der Waals surface area contributed by atoms with Crippen LogP contribution < -0.4 is 10.0 Å². The van der Waals surface area contributed by atoms with E-state index in [1.165, 1.54) is 6.20 Å². The molecule has 0 aliphatic carbocycles. The van der Waals surface area contributed by atoms with E-state index in [9.17, 15) is 18.3 Å². The third kappa shape index (κ3) is 5.85. The van der Waals surface area contributed by atoms with Crippen LogP contribution in [-0.2, 0) is 14.8 Å². The van der Waals surface area contributed by atoms with Crippen LogP contribution in [0.4, 0.5) is 0 Å². The van der Waals surface area contributed by atoms with Crippen molar-refractivity contribution in [1.82, 2.24) is 15.0 Å². The predicted molar refractivity (Wildman–Crippen MR) is 111 cm³/mol. The van der Waals surface area contributed by atoms with E-state index in [1.807, 2.05) is 6.92 Å². The maximum Gasteiger partial charge on any atom is 0.253 e. The maximum absolute atomic E-state index is 12.4. The Labute approximate surface area is 176 Å². The van der Waals surface area contributed by atoms with Crippen molar-refractivity contribution < 1.29 is 23.1 Å². The Kier molecular flexibility index (Phi) is 7.54. The van der Waals surface area contributed by atoms with Gasteiger partial charge in [0, 0.05) is 18.9 Å². The lowest BCUT2D eigenvalue weighted by Gasteiger charge is -2.36. The molecule has 0 radical (unpaired) electrons. The number of nitrogens with one attached hydrogen (secondary N) is 2. The van der Waals surface area contributed by atoms with E-state index in [1.54, 1.807) is 42.6 Å². The van der Waals surface area contributed by atoms with Crippen molar-refractivity contribution >= 4 is 15.9 Å². The second-order valence-corrected chi connectivity index (χ2v) is 9.14. The molecule has 2 heterocycles. The molecule has 1 amide bonds. The fourth-order valence-corrected chi connectivity index (χ4v) is 4.46. The fraction of sp³-hybridized carbons (Fsp3) is 0.429. The summed E-state index contributed by atoms with van der Waals surface area (Å²) >= 11 is 0. The molecule has 3 rings (SSSR count). The van der Waals surface area contributed by atoms with Crippen molar-refractivity contribution in [2.45, 2.75) is 49.3 Å². The Bertz CT molecular complexity index is 935. The summed E-state index contributed by atoms with van der Waals surface area (Å²) in [5, 5.41) is 12.6. The monoisotopic (exact) mass is 433 g/mol. The molecule has 9 heteroatoms. The molecule has 2 aromatic rings. The number of aliphatic hydroxyl groups excluding tert-OH is 1. The van der Waals surface area contributed by atoms with Crippen LogP contribution in [0.1, 0.15) is 35.2 Å². The summed E-state index contributed by atoms with van der Waals surface area (Å²) in [6, 6.07) is 9.70. The van der Waals surface area contributed by atoms with E-state index >= 15 is 0 Å². The smallest absolute Gasteiger partial charge is 0.253 e. The molecule has 3 N–H and O–H groups in total. The number of carbonyl (C=O) groups excluding carboxylic acids is 1. The zero-order chi connectivity index (χ0) is 21.6. The molecule has 0 bridgehead atoms. The molecule has 1 fully saturated rings. The lowest BCUT2D eigenvalue weighted by molar-refractivity contribution is -0.0891. The number of aliphatic hydroxyl groups is 1. The minimum atomic E-state index is -3.57. The topological polar surface area (TPSA) is 118 Å². The van der Waals surface area contributed by atoms with Gasteiger partial charge in [-0.2, -0.15) is 0 Å². The normalized spacial score (nSPS) is 21.9. The Morgan fingerprint density at radius 3 is 2.67 bits per heavy atom. The minimum Gasteiger partial charge on any atom is -0.394 e. The van der Waals surface area contributed by atoms with E-state index < -0.39 is 16.1 Å². The summed E-state index contributed by atoms with van der Waals surface area (Å²) in [6.07, 6.45) is 4.09. The Hall–Kier alpha value is -2.33. The number of amides is 1. The number of aryl methyl sites for hydroxylation is 1. The van der Waals surface area contributed by atoms with Crippen molar-refractivity contribution in [2.24, 2.45) is 0 Å². The number of nitrogens with zero attached hydrogens (tertiary/aromatic N) is 1. The SMILES string of the molecule is Cc1ccc(S(=O)(=O)NCC[C@H]2CC[C@H](NC(=O)c3cccnc3)[C@H](CO)O2)cc1. The number of rotatable bonds is 8. The first kappa shape index (κ1) is 22.4. The van der Waals surface area contributed by atoms with E-state index in [2.05, 4.69) is 15.0 Å². The Morgan fingerprint density at radius 1 is 1.23 bits per heavy atom. The van der Waals surface area contributed by atoms with Gasteiger partial charge < -0.3 is 15.2 Å². The average Bonchev–Trinajstić information content (AvgIpc) is 2.75. The molecular weight excluding hydrogens is 406 g/mol. The van der Waals surface area contributed by atoms with E-state index in [-0.39, 0.29) is 36.1 Å². The van der Waals surface area contributed by atoms with Crippen molar-refractivity contribution in [3.63, 3.8) is 0 Å². The highest BCUT2D eigenvalue weighted by Crippen LogP contribution is 2.22. The Morgan fingerprint density at radius 2 is 2.00 bits per heavy atom. The van der Waals surface area contributed by atoms with Crippen LogP contribution in [-0.4, -0.2) is 55.8 Å². The first-order valence-corrected chi connectivity index (χ1v) is 11.4. The number of hydrogen-bond donors (Lipinski definition) is 3. The quantitative estimate of drug-likeness (QED) is 0.579. The van der Waals surface area contributed by atoms with Crippen molar-refractivity contribution in [2.75, 3.05) is 13.2 Å². The van der Waals surface area contributed by atoms with Crippen LogP contribution >= 0.6 is 0 Å². The predicted octanol–water partition coefficient (Wildman–Crippen LogP) is 1.40. The summed E-state index contributed by atoms with van der Waals surface area (Å²) in [5.41, 5.74) is 1.44. The van der Waals surface area contributed by atoms with Crippen LogP contribution in [0.2, 0.25) is 0 Å². The zero-order valence-electron chi connectivity index (χ0n) is 16.8. The van der Waals surface area contributed by atoms with Gasteiger partial charge in [-0.3, -0.25) is 9.78 Å². The zero-order valence-corrected chi connectivity index (χ0v) is 17.6. The molecule has 3 atom stereocenters. The van der Waals surface area contributed by atoms with Gasteiger partial charge in [0.05, 0.1) is 29.2 Å². The second-order valence-electron chi connectivity index (χ2n) is 7.38. The summed E-state index contributed by atoms with van der Waals surface area (Å²) in [4.78, 5) is 16.5. The van der Waals surface area contributed by atoms with Gasteiger partial charge in [-0.05, 0) is 50.5 Å². The van der Waals surface area contributed by atoms with Gasteiger partial charge in [0.15, 0.2) is 0 Å². The van der Waals surface area contributed by atoms with E-state index in [0.717, 1.165) is 5.56 Å². The van der Waals surface area contributed by atoms with Gasteiger partial charge >= 0.3 is 0 Å². The fourth-order valence-electron chi connectivity index (χ4n) is 3.41. The van der Waals surface area contributed by atoms with Crippen LogP contribution in [0.25, 0.3) is 0 Å². The summed E-state index contributed by atoms with van der Waals surface area (Å²) in [7, 11) is -3.57. The van der Waals surface area contributed by atoms with E-state index in [4.69, 9.17) is 4.74 Å². The standard InChI is InChI=1S/C21H27N3O5S/c1-15-4-7-18(8-5-15)30(27,28)23-12-10-17-6-9-19(20(14-25)29-17)24-21(26)16-3-2-11-22-13-16/h2-5,7-8,11,13,17,19-20,23,25H,6,9-10,12,14H2,1H3,(H,24,26)/t17-,19+,20+/m1/s1. The van der Waals surface area contributed by atoms with Crippen molar-refractivity contribution in [3.05, 3.63) is 59.9 Å². The van der Waals surface area contributed by atoms with Crippen LogP contribution in [0.5, 0.6) is 0 Å². The number of sulfonamides is 1. The van der Waals surface area contributed by atoms with Gasteiger partial charge in [0.2, 0.25) is 10.0 Å². The Balaban J connectivity index is 1.49. The number of benzene rings is 1. The average molecular weight is 434 g/mol. The molecule has 0 saturated carbocycles. The molecule has 1 saturated heterocycles. The van der Waals surface area contributed by atoms with Gasteiger partial charge in [-0.1, -0.05) is 17.7 Å². The maximum atomic E-state index is 12.4. The molecular formula is C21H27N3O5S. The van der Waals surface area contributed by atoms with Gasteiger partial charge in [-0.25, -0.2) is 13.1 Å². The highest BCUT2D eigenvalue weighted by Gasteiger charge is 2.32. The number of ether oxygens (including phenoxy) is 1. The summed E-state index contributed by atoms with van der Waals surface area (Å²) in [6.45, 7) is 1.89. The third-order valence-corrected chi connectivity index (χ3v) is 6.60. The third-order valence-electron chi connectivity index (χ3n) is 5.13. The molecule has 0 unspecified atom stereocenters. The van der Waals surface area contributed by atoms with E-state index in [0.29, 0.717) is 24.8 Å². The number of aromatic nitrogens is 1. The molecule has 162 valence electrons. The largest absolute Gasteiger partial charge is 0.394 e. The first-order chi connectivity index (χ1) is 14.4. The molecule has 1 aromatic heterocycles. The van der Waals surface area contributed by atoms with Crippen molar-refractivity contribution in [3.8, 4) is 0 Å². The molecule has 8 nitrogen and oxygen atoms in total. The first-order valence-electron chi connectivity index (χ1n) is 9.92. The molecule has 1 aromatic carbocycles. The molecule has 0 spiro atoms. The number of pyridine rings is 1. The lowest BCUT2D eigenvalue weighted by Crippen LogP contribution is -2.51. The molecule has 30 heavy (non-hydrogen) atoms. The summed E-state index contributed by atoms with van der Waals surface area (Å²) < 4.78 is 33.2. The minimum absolute atomic E-state index is 0.200. The molecule has 1 aliphatic heterocycles. The van der Waals surface area contributed by atoms with Crippen LogP contribution in [0, 0.1) is 6.92 Å². The van der Waals surface area contributed by atoms with Gasteiger partial charge in [-0.15, -0.1) is 0 Å². The molecule has 1 aliphatic rings. The number of carbonyl (C=O) groups is 1. The lowest BCUT2D eigenvalue weighted by atomic mass is 9.97. The van der Waals surface area contributed by atoms with Crippen molar-refractivity contribution in [1.29, 1.82) is 0 Å². The van der Waals surface area contributed by atoms with Crippen LogP contribution in [0.3, 0.4) is 0 Å². The van der Waals surface area contributed by atoms with Crippen LogP contribution in [0.15, 0.2) is 53.7 Å².